The average Bonchev–Trinajstić information content (AvgIpc) is 2.71. The van der Waals surface area contributed by atoms with E-state index in [0.717, 1.165) is 0 Å². The van der Waals surface area contributed by atoms with Crippen LogP contribution in [0.1, 0.15) is 45.5 Å². The smallest absolute Gasteiger partial charge is 0.0388 e. The van der Waals surface area contributed by atoms with Gasteiger partial charge < -0.3 is 5.32 Å². The summed E-state index contributed by atoms with van der Waals surface area (Å²) >= 11 is 1.90. The molecule has 0 aliphatic carbocycles. The Balaban J connectivity index is 2.16. The molecule has 1 nitrogen and oxygen atoms in total. The summed E-state index contributed by atoms with van der Waals surface area (Å²) in [6, 6.07) is 11.8. The standard InChI is InChI=1S/C16H23NS/c1-11(17-12(2)16(3,4)5)15-10-13-8-6-7-9-14(13)18-15/h6-12,17H,1-5H3. The number of fused-ring (bicyclic) bond motifs is 1. The lowest BCUT2D eigenvalue weighted by Gasteiger charge is -2.30. The van der Waals surface area contributed by atoms with Crippen molar-refractivity contribution in [1.29, 1.82) is 0 Å². The largest absolute Gasteiger partial charge is 0.306 e. The van der Waals surface area contributed by atoms with E-state index in [4.69, 9.17) is 0 Å². The first-order valence-electron chi connectivity index (χ1n) is 6.62. The summed E-state index contributed by atoms with van der Waals surface area (Å²) in [5, 5.41) is 5.06. The van der Waals surface area contributed by atoms with Crippen molar-refractivity contribution >= 4 is 21.4 Å². The van der Waals surface area contributed by atoms with Gasteiger partial charge in [-0.05, 0) is 36.8 Å². The van der Waals surface area contributed by atoms with Crippen LogP contribution in [0.15, 0.2) is 30.3 Å². The van der Waals surface area contributed by atoms with E-state index in [-0.39, 0.29) is 0 Å². The number of rotatable bonds is 3. The number of hydrogen-bond acceptors (Lipinski definition) is 2. The molecule has 0 aliphatic rings. The van der Waals surface area contributed by atoms with Gasteiger partial charge in [-0.2, -0.15) is 0 Å². The molecule has 2 heteroatoms. The Morgan fingerprint density at radius 2 is 1.78 bits per heavy atom. The number of nitrogens with one attached hydrogen (secondary N) is 1. The highest BCUT2D eigenvalue weighted by atomic mass is 32.1. The Morgan fingerprint density at radius 3 is 2.39 bits per heavy atom. The van der Waals surface area contributed by atoms with Crippen LogP contribution in [-0.4, -0.2) is 6.04 Å². The van der Waals surface area contributed by atoms with Gasteiger partial charge in [0, 0.05) is 21.7 Å². The molecular formula is C16H23NS. The predicted octanol–water partition coefficient (Wildman–Crippen LogP) is 4.99. The maximum absolute atomic E-state index is 3.71. The monoisotopic (exact) mass is 261 g/mol. The van der Waals surface area contributed by atoms with E-state index < -0.39 is 0 Å². The summed E-state index contributed by atoms with van der Waals surface area (Å²) in [6.07, 6.45) is 0. The third-order valence-electron chi connectivity index (χ3n) is 3.67. The van der Waals surface area contributed by atoms with Crippen LogP contribution in [0.3, 0.4) is 0 Å². The molecule has 0 saturated heterocycles. The van der Waals surface area contributed by atoms with Crippen molar-refractivity contribution in [2.75, 3.05) is 0 Å². The van der Waals surface area contributed by atoms with Crippen LogP contribution >= 0.6 is 11.3 Å². The summed E-state index contributed by atoms with van der Waals surface area (Å²) in [5.74, 6) is 0. The molecule has 2 atom stereocenters. The lowest BCUT2D eigenvalue weighted by Crippen LogP contribution is -2.38. The minimum absolute atomic E-state index is 0.297. The second-order valence-electron chi connectivity index (χ2n) is 6.16. The molecule has 0 saturated carbocycles. The molecule has 0 fully saturated rings. The first-order valence-corrected chi connectivity index (χ1v) is 7.44. The zero-order valence-electron chi connectivity index (χ0n) is 11.9. The molecule has 0 bridgehead atoms. The molecule has 1 aromatic heterocycles. The zero-order chi connectivity index (χ0) is 13.3. The number of thiophene rings is 1. The highest BCUT2D eigenvalue weighted by Gasteiger charge is 2.22. The molecule has 2 rings (SSSR count). The first kappa shape index (κ1) is 13.6. The molecule has 1 N–H and O–H groups in total. The molecule has 98 valence electrons. The second kappa shape index (κ2) is 5.02. The molecule has 0 amide bonds. The Morgan fingerprint density at radius 1 is 1.11 bits per heavy atom. The molecule has 0 spiro atoms. The van der Waals surface area contributed by atoms with Gasteiger partial charge in [-0.25, -0.2) is 0 Å². The molecule has 2 aromatic rings. The molecule has 0 aliphatic heterocycles. The van der Waals surface area contributed by atoms with Crippen molar-refractivity contribution in [2.24, 2.45) is 5.41 Å². The predicted molar refractivity (Wildman–Crippen MR) is 82.3 cm³/mol. The second-order valence-corrected chi connectivity index (χ2v) is 7.28. The van der Waals surface area contributed by atoms with Gasteiger partial charge in [-0.3, -0.25) is 0 Å². The van der Waals surface area contributed by atoms with Crippen LogP contribution in [0.25, 0.3) is 10.1 Å². The van der Waals surface area contributed by atoms with Crippen molar-refractivity contribution < 1.29 is 0 Å². The Labute approximate surface area is 114 Å². The summed E-state index contributed by atoms with van der Waals surface area (Å²) in [5.41, 5.74) is 0.297. The SMILES string of the molecule is CC(NC(C)C(C)(C)C)c1cc2ccccc2s1. The lowest BCUT2D eigenvalue weighted by atomic mass is 9.87. The number of hydrogen-bond donors (Lipinski definition) is 1. The third-order valence-corrected chi connectivity index (χ3v) is 4.97. The van der Waals surface area contributed by atoms with E-state index in [1.54, 1.807) is 0 Å². The summed E-state index contributed by atoms with van der Waals surface area (Å²) in [4.78, 5) is 1.42. The maximum atomic E-state index is 3.71. The van der Waals surface area contributed by atoms with Gasteiger partial charge in [0.25, 0.3) is 0 Å². The van der Waals surface area contributed by atoms with Gasteiger partial charge in [0.2, 0.25) is 0 Å². The van der Waals surface area contributed by atoms with Gasteiger partial charge in [0.05, 0.1) is 0 Å². The van der Waals surface area contributed by atoms with Crippen molar-refractivity contribution in [3.63, 3.8) is 0 Å². The topological polar surface area (TPSA) is 12.0 Å². The normalized spacial score (nSPS) is 15.8. The Bertz CT molecular complexity index is 488. The van der Waals surface area contributed by atoms with Crippen molar-refractivity contribution in [3.8, 4) is 0 Å². The van der Waals surface area contributed by atoms with Crippen molar-refractivity contribution in [1.82, 2.24) is 5.32 Å². The van der Waals surface area contributed by atoms with E-state index in [2.05, 4.69) is 70.3 Å². The molecule has 1 aromatic carbocycles. The zero-order valence-corrected chi connectivity index (χ0v) is 12.8. The van der Waals surface area contributed by atoms with Gasteiger partial charge in [-0.15, -0.1) is 11.3 Å². The van der Waals surface area contributed by atoms with Crippen LogP contribution < -0.4 is 5.32 Å². The summed E-state index contributed by atoms with van der Waals surface area (Å²) < 4.78 is 1.38. The van der Waals surface area contributed by atoms with Gasteiger partial charge in [0.15, 0.2) is 0 Å². The van der Waals surface area contributed by atoms with Gasteiger partial charge in [0.1, 0.15) is 0 Å². The molecule has 1 heterocycles. The molecule has 2 unspecified atom stereocenters. The highest BCUT2D eigenvalue weighted by Crippen LogP contribution is 2.31. The highest BCUT2D eigenvalue weighted by molar-refractivity contribution is 7.19. The van der Waals surface area contributed by atoms with Gasteiger partial charge >= 0.3 is 0 Å². The molecule has 0 radical (unpaired) electrons. The summed E-state index contributed by atoms with van der Waals surface area (Å²) in [7, 11) is 0. The fourth-order valence-corrected chi connectivity index (χ4v) is 3.00. The van der Waals surface area contributed by atoms with E-state index in [1.165, 1.54) is 15.0 Å². The minimum Gasteiger partial charge on any atom is -0.306 e. The third kappa shape index (κ3) is 2.93. The van der Waals surface area contributed by atoms with Crippen LogP contribution in [0.4, 0.5) is 0 Å². The molecular weight excluding hydrogens is 238 g/mol. The van der Waals surface area contributed by atoms with Crippen molar-refractivity contribution in [3.05, 3.63) is 35.2 Å². The van der Waals surface area contributed by atoms with Crippen LogP contribution in [0.2, 0.25) is 0 Å². The lowest BCUT2D eigenvalue weighted by molar-refractivity contribution is 0.269. The van der Waals surface area contributed by atoms with E-state index in [0.29, 0.717) is 17.5 Å². The van der Waals surface area contributed by atoms with Crippen LogP contribution in [-0.2, 0) is 0 Å². The Kier molecular flexibility index (Phi) is 3.79. The first-order chi connectivity index (χ1) is 8.38. The molecule has 18 heavy (non-hydrogen) atoms. The Hall–Kier alpha value is -0.860. The quantitative estimate of drug-likeness (QED) is 0.821. The average molecular weight is 261 g/mol. The summed E-state index contributed by atoms with van der Waals surface area (Å²) in [6.45, 7) is 11.4. The fraction of sp³-hybridized carbons (Fsp3) is 0.500. The van der Waals surface area contributed by atoms with E-state index in [9.17, 15) is 0 Å². The van der Waals surface area contributed by atoms with Crippen molar-refractivity contribution in [2.45, 2.75) is 46.7 Å². The maximum Gasteiger partial charge on any atom is 0.0388 e. The fourth-order valence-electron chi connectivity index (χ4n) is 1.92. The van der Waals surface area contributed by atoms with Crippen LogP contribution in [0.5, 0.6) is 0 Å². The van der Waals surface area contributed by atoms with Crippen LogP contribution in [0, 0.1) is 5.41 Å². The van der Waals surface area contributed by atoms with E-state index >= 15 is 0 Å². The van der Waals surface area contributed by atoms with E-state index in [1.807, 2.05) is 11.3 Å². The minimum atomic E-state index is 0.297. The van der Waals surface area contributed by atoms with Gasteiger partial charge in [-0.1, -0.05) is 39.0 Å². The number of benzene rings is 1.